The van der Waals surface area contributed by atoms with Crippen LogP contribution in [0.1, 0.15) is 5.56 Å². The molecule has 84 valence electrons. The van der Waals surface area contributed by atoms with E-state index in [-0.39, 0.29) is 12.1 Å². The molecule has 0 aliphatic rings. The van der Waals surface area contributed by atoms with Gasteiger partial charge in [0.05, 0.1) is 6.54 Å². The van der Waals surface area contributed by atoms with E-state index >= 15 is 0 Å². The summed E-state index contributed by atoms with van der Waals surface area (Å²) in [5.41, 5.74) is 1.47. The van der Waals surface area contributed by atoms with Crippen LogP contribution in [-0.4, -0.2) is 27.1 Å². The van der Waals surface area contributed by atoms with Crippen LogP contribution in [0.4, 0.5) is 10.1 Å². The highest BCUT2D eigenvalue weighted by molar-refractivity contribution is 5.45. The first-order chi connectivity index (χ1) is 7.17. The summed E-state index contributed by atoms with van der Waals surface area (Å²) in [7, 11) is 3.15. The first-order valence-corrected chi connectivity index (χ1v) is 4.73. The third-order valence-electron chi connectivity index (χ3n) is 2.16. The van der Waals surface area contributed by atoms with Crippen molar-refractivity contribution < 1.29 is 13.9 Å². The SMILES string of the molecule is COC(CNc1ccc(F)c(C)c1)OC. The van der Waals surface area contributed by atoms with Crippen LogP contribution >= 0.6 is 0 Å². The fourth-order valence-corrected chi connectivity index (χ4v) is 1.22. The maximum absolute atomic E-state index is 13.0. The minimum absolute atomic E-state index is 0.199. The van der Waals surface area contributed by atoms with Gasteiger partial charge in [-0.3, -0.25) is 0 Å². The number of nitrogens with one attached hydrogen (secondary N) is 1. The summed E-state index contributed by atoms with van der Waals surface area (Å²) in [4.78, 5) is 0. The van der Waals surface area contributed by atoms with Crippen LogP contribution in [0.3, 0.4) is 0 Å². The summed E-state index contributed by atoms with van der Waals surface area (Å²) in [5.74, 6) is -0.199. The van der Waals surface area contributed by atoms with Gasteiger partial charge in [-0.15, -0.1) is 0 Å². The number of aryl methyl sites for hydroxylation is 1. The molecule has 0 aliphatic heterocycles. The molecule has 0 bridgehead atoms. The second-order valence-corrected chi connectivity index (χ2v) is 3.25. The summed E-state index contributed by atoms with van der Waals surface area (Å²) in [6.45, 7) is 2.25. The lowest BCUT2D eigenvalue weighted by atomic mass is 10.2. The first kappa shape index (κ1) is 11.9. The van der Waals surface area contributed by atoms with E-state index in [1.54, 1.807) is 33.3 Å². The molecule has 0 heterocycles. The molecular formula is C11H16FNO2. The minimum Gasteiger partial charge on any atom is -0.380 e. The number of methoxy groups -OCH3 is 2. The number of hydrogen-bond donors (Lipinski definition) is 1. The van der Waals surface area contributed by atoms with Crippen molar-refractivity contribution in [1.29, 1.82) is 0 Å². The maximum Gasteiger partial charge on any atom is 0.173 e. The second kappa shape index (κ2) is 5.68. The number of anilines is 1. The molecule has 0 aliphatic carbocycles. The lowest BCUT2D eigenvalue weighted by Gasteiger charge is -2.15. The predicted molar refractivity (Wildman–Crippen MR) is 57.4 cm³/mol. The van der Waals surface area contributed by atoms with E-state index in [1.165, 1.54) is 6.07 Å². The average Bonchev–Trinajstić information content (AvgIpc) is 2.24. The number of hydrogen-bond acceptors (Lipinski definition) is 3. The van der Waals surface area contributed by atoms with Crippen molar-refractivity contribution in [3.8, 4) is 0 Å². The maximum atomic E-state index is 13.0. The third-order valence-corrected chi connectivity index (χ3v) is 2.16. The smallest absolute Gasteiger partial charge is 0.173 e. The Morgan fingerprint density at radius 1 is 1.33 bits per heavy atom. The normalized spacial score (nSPS) is 10.7. The summed E-state index contributed by atoms with van der Waals surface area (Å²) in [5, 5.41) is 3.10. The highest BCUT2D eigenvalue weighted by atomic mass is 19.1. The van der Waals surface area contributed by atoms with Crippen molar-refractivity contribution in [2.45, 2.75) is 13.2 Å². The van der Waals surface area contributed by atoms with Crippen molar-refractivity contribution in [3.63, 3.8) is 0 Å². The van der Waals surface area contributed by atoms with Crippen LogP contribution in [0.15, 0.2) is 18.2 Å². The zero-order chi connectivity index (χ0) is 11.3. The van der Waals surface area contributed by atoms with Crippen molar-refractivity contribution in [2.75, 3.05) is 26.1 Å². The van der Waals surface area contributed by atoms with Gasteiger partial charge in [0.1, 0.15) is 5.82 Å². The van der Waals surface area contributed by atoms with Crippen LogP contribution in [-0.2, 0) is 9.47 Å². The molecule has 0 saturated carbocycles. The van der Waals surface area contributed by atoms with Gasteiger partial charge in [0.2, 0.25) is 0 Å². The van der Waals surface area contributed by atoms with E-state index in [0.29, 0.717) is 12.1 Å². The van der Waals surface area contributed by atoms with Gasteiger partial charge >= 0.3 is 0 Å². The Balaban J connectivity index is 2.54. The molecule has 1 N–H and O–H groups in total. The van der Waals surface area contributed by atoms with Gasteiger partial charge in [-0.05, 0) is 30.7 Å². The lowest BCUT2D eigenvalue weighted by molar-refractivity contribution is -0.0914. The molecule has 1 rings (SSSR count). The molecule has 15 heavy (non-hydrogen) atoms. The monoisotopic (exact) mass is 213 g/mol. The van der Waals surface area contributed by atoms with E-state index in [0.717, 1.165) is 5.69 Å². The standard InChI is InChI=1S/C11H16FNO2/c1-8-6-9(4-5-10(8)12)13-7-11(14-2)15-3/h4-6,11,13H,7H2,1-3H3. The Kier molecular flexibility index (Phi) is 4.52. The largest absolute Gasteiger partial charge is 0.380 e. The van der Waals surface area contributed by atoms with Crippen LogP contribution < -0.4 is 5.32 Å². The highest BCUT2D eigenvalue weighted by Crippen LogP contribution is 2.13. The van der Waals surface area contributed by atoms with Crippen molar-refractivity contribution in [2.24, 2.45) is 0 Å². The number of rotatable bonds is 5. The Hall–Kier alpha value is -1.13. The molecule has 0 aromatic heterocycles. The van der Waals surface area contributed by atoms with Crippen molar-refractivity contribution in [3.05, 3.63) is 29.6 Å². The van der Waals surface area contributed by atoms with Gasteiger partial charge < -0.3 is 14.8 Å². The first-order valence-electron chi connectivity index (χ1n) is 4.73. The Bertz CT molecular complexity index is 313. The molecule has 3 nitrogen and oxygen atoms in total. The highest BCUT2D eigenvalue weighted by Gasteiger charge is 2.04. The second-order valence-electron chi connectivity index (χ2n) is 3.25. The van der Waals surface area contributed by atoms with Crippen molar-refractivity contribution in [1.82, 2.24) is 0 Å². The van der Waals surface area contributed by atoms with E-state index in [2.05, 4.69) is 5.32 Å². The molecule has 1 aromatic rings. The minimum atomic E-state index is -0.296. The predicted octanol–water partition coefficient (Wildman–Crippen LogP) is 2.16. The topological polar surface area (TPSA) is 30.5 Å². The van der Waals surface area contributed by atoms with Gasteiger partial charge in [0, 0.05) is 19.9 Å². The summed E-state index contributed by atoms with van der Waals surface area (Å²) < 4.78 is 23.0. The van der Waals surface area contributed by atoms with Gasteiger partial charge in [-0.2, -0.15) is 0 Å². The molecule has 0 unspecified atom stereocenters. The molecule has 0 atom stereocenters. The summed E-state index contributed by atoms with van der Waals surface area (Å²) >= 11 is 0. The van der Waals surface area contributed by atoms with E-state index in [4.69, 9.17) is 9.47 Å². The van der Waals surface area contributed by atoms with Gasteiger partial charge in [0.15, 0.2) is 6.29 Å². The van der Waals surface area contributed by atoms with E-state index in [9.17, 15) is 4.39 Å². The van der Waals surface area contributed by atoms with E-state index in [1.807, 2.05) is 0 Å². The zero-order valence-corrected chi connectivity index (χ0v) is 9.21. The molecule has 0 fully saturated rings. The van der Waals surface area contributed by atoms with Crippen LogP contribution in [0.2, 0.25) is 0 Å². The fourth-order valence-electron chi connectivity index (χ4n) is 1.22. The van der Waals surface area contributed by atoms with Crippen LogP contribution in [0, 0.1) is 12.7 Å². The summed E-state index contributed by atoms with van der Waals surface area (Å²) in [6, 6.07) is 4.87. The number of benzene rings is 1. The quantitative estimate of drug-likeness (QED) is 0.760. The molecule has 0 spiro atoms. The molecule has 1 aromatic carbocycles. The Morgan fingerprint density at radius 2 is 2.00 bits per heavy atom. The number of ether oxygens (including phenoxy) is 2. The summed E-state index contributed by atoms with van der Waals surface area (Å²) in [6.07, 6.45) is -0.296. The Morgan fingerprint density at radius 3 is 2.53 bits per heavy atom. The Labute approximate surface area is 89.2 Å². The van der Waals surface area contributed by atoms with Crippen LogP contribution in [0.25, 0.3) is 0 Å². The molecule has 4 heteroatoms. The zero-order valence-electron chi connectivity index (χ0n) is 9.21. The van der Waals surface area contributed by atoms with Crippen molar-refractivity contribution >= 4 is 5.69 Å². The molecular weight excluding hydrogens is 197 g/mol. The van der Waals surface area contributed by atoms with E-state index < -0.39 is 0 Å². The fraction of sp³-hybridized carbons (Fsp3) is 0.455. The molecule has 0 amide bonds. The van der Waals surface area contributed by atoms with Gasteiger partial charge in [-0.1, -0.05) is 0 Å². The average molecular weight is 213 g/mol. The van der Waals surface area contributed by atoms with Crippen LogP contribution in [0.5, 0.6) is 0 Å². The van der Waals surface area contributed by atoms with Gasteiger partial charge in [-0.25, -0.2) is 4.39 Å². The molecule has 0 saturated heterocycles. The molecule has 0 radical (unpaired) electrons. The third kappa shape index (κ3) is 3.49. The lowest BCUT2D eigenvalue weighted by Crippen LogP contribution is -2.23. The number of halogens is 1. The van der Waals surface area contributed by atoms with Gasteiger partial charge in [0.25, 0.3) is 0 Å².